The zero-order chi connectivity index (χ0) is 14.5. The average Bonchev–Trinajstić information content (AvgIpc) is 2.60. The number of halogens is 2. The summed E-state index contributed by atoms with van der Waals surface area (Å²) in [5, 5.41) is 3.73. The number of nitrogens with one attached hydrogen (secondary N) is 1. The lowest BCUT2D eigenvalue weighted by Crippen LogP contribution is -2.27. The first-order valence-corrected chi connectivity index (χ1v) is 9.13. The van der Waals surface area contributed by atoms with Crippen LogP contribution < -0.4 is 5.32 Å². The van der Waals surface area contributed by atoms with E-state index in [1.54, 1.807) is 0 Å². The van der Waals surface area contributed by atoms with Gasteiger partial charge in [-0.15, -0.1) is 0 Å². The Morgan fingerprint density at radius 2 is 1.90 bits per heavy atom. The van der Waals surface area contributed by atoms with Crippen LogP contribution in [0.3, 0.4) is 0 Å². The van der Waals surface area contributed by atoms with Crippen molar-refractivity contribution < 1.29 is 0 Å². The molecule has 1 saturated heterocycles. The van der Waals surface area contributed by atoms with E-state index in [9.17, 15) is 0 Å². The average molecular weight is 404 g/mol. The second-order valence-corrected chi connectivity index (χ2v) is 7.43. The summed E-state index contributed by atoms with van der Waals surface area (Å²) in [6.07, 6.45) is 5.03. The van der Waals surface area contributed by atoms with Crippen molar-refractivity contribution in [1.29, 1.82) is 0 Å². The third-order valence-corrected chi connectivity index (χ3v) is 5.15. The van der Waals surface area contributed by atoms with Crippen molar-refractivity contribution in [3.8, 4) is 0 Å². The van der Waals surface area contributed by atoms with Crippen molar-refractivity contribution in [2.75, 3.05) is 25.0 Å². The van der Waals surface area contributed by atoms with Gasteiger partial charge in [0.25, 0.3) is 0 Å². The van der Waals surface area contributed by atoms with Crippen molar-refractivity contribution in [3.05, 3.63) is 26.6 Å². The first-order chi connectivity index (χ1) is 9.60. The van der Waals surface area contributed by atoms with Gasteiger partial charge in [0.05, 0.1) is 5.69 Å². The maximum atomic E-state index is 3.73. The van der Waals surface area contributed by atoms with Crippen LogP contribution in [-0.2, 0) is 0 Å². The van der Waals surface area contributed by atoms with Gasteiger partial charge in [-0.3, -0.25) is 0 Å². The lowest BCUT2D eigenvalue weighted by Gasteiger charge is -2.21. The predicted molar refractivity (Wildman–Crippen MR) is 94.6 cm³/mol. The first-order valence-electron chi connectivity index (χ1n) is 7.54. The maximum absolute atomic E-state index is 3.73. The van der Waals surface area contributed by atoms with E-state index in [4.69, 9.17) is 0 Å². The summed E-state index contributed by atoms with van der Waals surface area (Å²) >= 11 is 7.36. The normalized spacial score (nSPS) is 20.7. The molecule has 1 fully saturated rings. The van der Waals surface area contributed by atoms with E-state index in [1.807, 2.05) is 0 Å². The second kappa shape index (κ2) is 7.81. The highest BCUT2D eigenvalue weighted by Crippen LogP contribution is 2.33. The second-order valence-electron chi connectivity index (χ2n) is 5.72. The summed E-state index contributed by atoms with van der Waals surface area (Å²) in [5.74, 6) is 0. The van der Waals surface area contributed by atoms with E-state index in [1.165, 1.54) is 56.6 Å². The molecule has 0 spiro atoms. The van der Waals surface area contributed by atoms with Crippen molar-refractivity contribution in [1.82, 2.24) is 4.90 Å². The van der Waals surface area contributed by atoms with E-state index in [2.05, 4.69) is 68.1 Å². The Labute approximate surface area is 139 Å². The number of benzene rings is 1. The molecule has 1 aliphatic rings. The Bertz CT molecular complexity index is 425. The Kier molecular flexibility index (Phi) is 6.37. The van der Waals surface area contributed by atoms with Crippen LogP contribution in [-0.4, -0.2) is 30.6 Å². The molecule has 1 N–H and O–H groups in total. The SMILES string of the molecule is CCCN1CCCC(Nc2c(Br)cc(C)cc2Br)CC1. The third-order valence-electron chi connectivity index (χ3n) is 3.90. The quantitative estimate of drug-likeness (QED) is 0.743. The number of aryl methyl sites for hydroxylation is 1. The molecular weight excluding hydrogens is 380 g/mol. The Morgan fingerprint density at radius 1 is 1.20 bits per heavy atom. The highest BCUT2D eigenvalue weighted by molar-refractivity contribution is 9.11. The van der Waals surface area contributed by atoms with Gasteiger partial charge in [-0.25, -0.2) is 0 Å². The van der Waals surface area contributed by atoms with Crippen LogP contribution in [0.15, 0.2) is 21.1 Å². The number of hydrogen-bond donors (Lipinski definition) is 1. The molecule has 1 unspecified atom stereocenters. The number of nitrogens with zero attached hydrogens (tertiary/aromatic N) is 1. The van der Waals surface area contributed by atoms with E-state index in [0.717, 1.165) is 8.95 Å². The molecule has 2 rings (SSSR count). The van der Waals surface area contributed by atoms with Crippen LogP contribution in [0.25, 0.3) is 0 Å². The molecule has 0 amide bonds. The number of likely N-dealkylation sites (tertiary alicyclic amines) is 1. The molecule has 1 atom stereocenters. The Morgan fingerprint density at radius 3 is 2.55 bits per heavy atom. The van der Waals surface area contributed by atoms with Gasteiger partial charge in [0.1, 0.15) is 0 Å². The lowest BCUT2D eigenvalue weighted by atomic mass is 10.1. The van der Waals surface area contributed by atoms with E-state index in [-0.39, 0.29) is 0 Å². The highest BCUT2D eigenvalue weighted by Gasteiger charge is 2.18. The van der Waals surface area contributed by atoms with Crippen LogP contribution in [0.1, 0.15) is 38.2 Å². The first kappa shape index (κ1) is 16.3. The lowest BCUT2D eigenvalue weighted by molar-refractivity contribution is 0.285. The van der Waals surface area contributed by atoms with Crippen molar-refractivity contribution >= 4 is 37.5 Å². The molecule has 0 aliphatic carbocycles. The van der Waals surface area contributed by atoms with Crippen molar-refractivity contribution in [3.63, 3.8) is 0 Å². The topological polar surface area (TPSA) is 15.3 Å². The number of anilines is 1. The molecule has 20 heavy (non-hydrogen) atoms. The van der Waals surface area contributed by atoms with Gasteiger partial charge < -0.3 is 10.2 Å². The zero-order valence-corrected chi connectivity index (χ0v) is 15.6. The molecule has 2 nitrogen and oxygen atoms in total. The summed E-state index contributed by atoms with van der Waals surface area (Å²) in [4.78, 5) is 2.60. The fourth-order valence-corrected chi connectivity index (χ4v) is 4.53. The van der Waals surface area contributed by atoms with Crippen LogP contribution in [0.2, 0.25) is 0 Å². The van der Waals surface area contributed by atoms with Gasteiger partial charge in [-0.05, 0) is 95.3 Å². The molecule has 0 radical (unpaired) electrons. The summed E-state index contributed by atoms with van der Waals surface area (Å²) in [6.45, 7) is 8.09. The fraction of sp³-hybridized carbons (Fsp3) is 0.625. The van der Waals surface area contributed by atoms with Gasteiger partial charge >= 0.3 is 0 Å². The minimum Gasteiger partial charge on any atom is -0.380 e. The van der Waals surface area contributed by atoms with Crippen molar-refractivity contribution in [2.24, 2.45) is 0 Å². The Hall–Kier alpha value is -0.0600. The van der Waals surface area contributed by atoms with Gasteiger partial charge in [0.15, 0.2) is 0 Å². The van der Waals surface area contributed by atoms with E-state index >= 15 is 0 Å². The summed E-state index contributed by atoms with van der Waals surface area (Å²) < 4.78 is 2.30. The molecule has 0 saturated carbocycles. The highest BCUT2D eigenvalue weighted by atomic mass is 79.9. The van der Waals surface area contributed by atoms with Crippen molar-refractivity contribution in [2.45, 2.75) is 45.6 Å². The monoisotopic (exact) mass is 402 g/mol. The zero-order valence-electron chi connectivity index (χ0n) is 12.4. The largest absolute Gasteiger partial charge is 0.380 e. The number of hydrogen-bond acceptors (Lipinski definition) is 2. The maximum Gasteiger partial charge on any atom is 0.0631 e. The van der Waals surface area contributed by atoms with Crippen LogP contribution >= 0.6 is 31.9 Å². The van der Waals surface area contributed by atoms with Gasteiger partial charge in [0.2, 0.25) is 0 Å². The Balaban J connectivity index is 2.00. The minimum absolute atomic E-state index is 0.576. The molecule has 1 aliphatic heterocycles. The fourth-order valence-electron chi connectivity index (χ4n) is 2.88. The van der Waals surface area contributed by atoms with Crippen LogP contribution in [0.4, 0.5) is 5.69 Å². The summed E-state index contributed by atoms with van der Waals surface area (Å²) in [5.41, 5.74) is 2.47. The molecule has 112 valence electrons. The smallest absolute Gasteiger partial charge is 0.0631 e. The predicted octanol–water partition coefficient (Wildman–Crippen LogP) is 5.20. The molecule has 1 heterocycles. The van der Waals surface area contributed by atoms with Crippen LogP contribution in [0, 0.1) is 6.92 Å². The third kappa shape index (κ3) is 4.47. The molecular formula is C16H24Br2N2. The summed E-state index contributed by atoms with van der Waals surface area (Å²) in [7, 11) is 0. The molecule has 0 bridgehead atoms. The molecule has 1 aromatic carbocycles. The van der Waals surface area contributed by atoms with E-state index in [0.29, 0.717) is 6.04 Å². The van der Waals surface area contributed by atoms with E-state index < -0.39 is 0 Å². The van der Waals surface area contributed by atoms with Gasteiger partial charge in [-0.1, -0.05) is 6.92 Å². The summed E-state index contributed by atoms with van der Waals surface area (Å²) in [6, 6.07) is 4.92. The molecule has 1 aromatic rings. The standard InChI is InChI=1S/C16H24Br2N2/c1-3-7-20-8-4-5-13(6-9-20)19-16-14(17)10-12(2)11-15(16)18/h10-11,13,19H,3-9H2,1-2H3. The van der Waals surface area contributed by atoms with Gasteiger partial charge in [0, 0.05) is 21.5 Å². The minimum atomic E-state index is 0.576. The molecule has 0 aromatic heterocycles. The van der Waals surface area contributed by atoms with Gasteiger partial charge in [-0.2, -0.15) is 0 Å². The number of rotatable bonds is 4. The molecule has 4 heteroatoms. The van der Waals surface area contributed by atoms with Crippen LogP contribution in [0.5, 0.6) is 0 Å².